The lowest BCUT2D eigenvalue weighted by Crippen LogP contribution is -2.47. The van der Waals surface area contributed by atoms with Crippen molar-refractivity contribution in [2.75, 3.05) is 6.54 Å². The summed E-state index contributed by atoms with van der Waals surface area (Å²) in [6, 6.07) is -0.400. The molecule has 1 aliphatic rings. The van der Waals surface area contributed by atoms with Gasteiger partial charge in [-0.1, -0.05) is 13.8 Å². The highest BCUT2D eigenvalue weighted by molar-refractivity contribution is 5.82. The molecule has 0 aromatic rings. The number of nitrogens with two attached hydrogens (primary N) is 1. The van der Waals surface area contributed by atoms with Crippen LogP contribution in [0.25, 0.3) is 0 Å². The Kier molecular flexibility index (Phi) is 4.08. The first-order chi connectivity index (χ1) is 7.00. The molecule has 2 amide bonds. The van der Waals surface area contributed by atoms with Gasteiger partial charge < -0.3 is 16.4 Å². The van der Waals surface area contributed by atoms with E-state index in [2.05, 4.69) is 10.6 Å². The molecule has 1 unspecified atom stereocenters. The zero-order valence-corrected chi connectivity index (χ0v) is 9.25. The Morgan fingerprint density at radius 2 is 2.33 bits per heavy atom. The predicted octanol–water partition coefficient (Wildman–Crippen LogP) is -0.635. The third-order valence-corrected chi connectivity index (χ3v) is 2.63. The first-order valence-electron chi connectivity index (χ1n) is 5.33. The molecule has 0 aromatic carbocycles. The quantitative estimate of drug-likeness (QED) is 0.581. The van der Waals surface area contributed by atoms with Crippen LogP contribution < -0.4 is 16.4 Å². The second-order valence-electron chi connectivity index (χ2n) is 4.32. The SMILES string of the molecule is CC(C)[C@H](N)C(=O)NCC1CCC(=O)N1. The molecule has 1 rings (SSSR count). The van der Waals surface area contributed by atoms with Gasteiger partial charge in [-0.15, -0.1) is 0 Å². The van der Waals surface area contributed by atoms with Crippen LogP contribution in [0.2, 0.25) is 0 Å². The smallest absolute Gasteiger partial charge is 0.237 e. The molecule has 1 fully saturated rings. The number of amides is 2. The second-order valence-corrected chi connectivity index (χ2v) is 4.32. The van der Waals surface area contributed by atoms with Crippen molar-refractivity contribution in [3.05, 3.63) is 0 Å². The molecule has 15 heavy (non-hydrogen) atoms. The molecule has 86 valence electrons. The van der Waals surface area contributed by atoms with Gasteiger partial charge in [0.1, 0.15) is 0 Å². The molecular formula is C10H19N3O2. The predicted molar refractivity (Wildman–Crippen MR) is 57.0 cm³/mol. The monoisotopic (exact) mass is 213 g/mol. The van der Waals surface area contributed by atoms with Crippen molar-refractivity contribution >= 4 is 11.8 Å². The standard InChI is InChI=1S/C10H19N3O2/c1-6(2)9(11)10(15)12-5-7-3-4-8(14)13-7/h6-7,9H,3-5,11H2,1-2H3,(H,12,15)(H,13,14)/t7?,9-/m0/s1. The summed E-state index contributed by atoms with van der Waals surface area (Å²) in [6.45, 7) is 4.29. The van der Waals surface area contributed by atoms with Crippen LogP contribution in [0.5, 0.6) is 0 Å². The van der Waals surface area contributed by atoms with Gasteiger partial charge in [0, 0.05) is 19.0 Å². The molecule has 4 N–H and O–H groups in total. The highest BCUT2D eigenvalue weighted by atomic mass is 16.2. The molecule has 0 aliphatic carbocycles. The van der Waals surface area contributed by atoms with Crippen molar-refractivity contribution in [1.29, 1.82) is 0 Å². The van der Waals surface area contributed by atoms with Gasteiger partial charge >= 0.3 is 0 Å². The van der Waals surface area contributed by atoms with Crippen molar-refractivity contribution in [2.24, 2.45) is 11.7 Å². The summed E-state index contributed by atoms with van der Waals surface area (Å²) in [5, 5.41) is 5.53. The maximum absolute atomic E-state index is 11.5. The van der Waals surface area contributed by atoms with Gasteiger partial charge in [0.25, 0.3) is 0 Å². The maximum Gasteiger partial charge on any atom is 0.237 e. The average Bonchev–Trinajstić information content (AvgIpc) is 2.59. The van der Waals surface area contributed by atoms with E-state index >= 15 is 0 Å². The Morgan fingerprint density at radius 3 is 2.80 bits per heavy atom. The van der Waals surface area contributed by atoms with E-state index in [0.717, 1.165) is 6.42 Å². The molecule has 0 aromatic heterocycles. The zero-order chi connectivity index (χ0) is 11.4. The largest absolute Gasteiger partial charge is 0.353 e. The molecule has 5 nitrogen and oxygen atoms in total. The van der Waals surface area contributed by atoms with E-state index < -0.39 is 6.04 Å². The Morgan fingerprint density at radius 1 is 1.67 bits per heavy atom. The van der Waals surface area contributed by atoms with Gasteiger partial charge in [0.05, 0.1) is 6.04 Å². The summed E-state index contributed by atoms with van der Waals surface area (Å²) in [6.07, 6.45) is 1.34. The van der Waals surface area contributed by atoms with Crippen LogP contribution in [-0.4, -0.2) is 30.4 Å². The van der Waals surface area contributed by atoms with Crippen molar-refractivity contribution in [3.8, 4) is 0 Å². The number of hydrogen-bond donors (Lipinski definition) is 3. The number of hydrogen-bond acceptors (Lipinski definition) is 3. The molecule has 0 spiro atoms. The minimum Gasteiger partial charge on any atom is -0.353 e. The Hall–Kier alpha value is -1.10. The van der Waals surface area contributed by atoms with Crippen LogP contribution in [0.1, 0.15) is 26.7 Å². The van der Waals surface area contributed by atoms with Gasteiger partial charge in [-0.25, -0.2) is 0 Å². The molecular weight excluding hydrogens is 194 g/mol. The first-order valence-corrected chi connectivity index (χ1v) is 5.33. The zero-order valence-electron chi connectivity index (χ0n) is 9.25. The van der Waals surface area contributed by atoms with Crippen LogP contribution in [-0.2, 0) is 9.59 Å². The van der Waals surface area contributed by atoms with Crippen molar-refractivity contribution in [1.82, 2.24) is 10.6 Å². The molecule has 0 radical (unpaired) electrons. The number of rotatable bonds is 4. The number of carbonyl (C=O) groups excluding carboxylic acids is 2. The van der Waals surface area contributed by atoms with E-state index in [0.29, 0.717) is 13.0 Å². The number of carbonyl (C=O) groups is 2. The normalized spacial score (nSPS) is 22.7. The topological polar surface area (TPSA) is 84.2 Å². The highest BCUT2D eigenvalue weighted by Crippen LogP contribution is 2.05. The fourth-order valence-electron chi connectivity index (χ4n) is 1.47. The lowest BCUT2D eigenvalue weighted by Gasteiger charge is -2.17. The average molecular weight is 213 g/mol. The van der Waals surface area contributed by atoms with Gasteiger partial charge in [-0.3, -0.25) is 9.59 Å². The molecule has 1 saturated heterocycles. The molecule has 0 bridgehead atoms. The molecule has 1 heterocycles. The van der Waals surface area contributed by atoms with E-state index in [-0.39, 0.29) is 23.8 Å². The molecule has 5 heteroatoms. The minimum atomic E-state index is -0.470. The lowest BCUT2D eigenvalue weighted by molar-refractivity contribution is -0.123. The Labute approximate surface area is 89.8 Å². The third-order valence-electron chi connectivity index (χ3n) is 2.63. The van der Waals surface area contributed by atoms with Crippen molar-refractivity contribution in [2.45, 2.75) is 38.8 Å². The summed E-state index contributed by atoms with van der Waals surface area (Å²) < 4.78 is 0. The van der Waals surface area contributed by atoms with Crippen LogP contribution in [0, 0.1) is 5.92 Å². The molecule has 2 atom stereocenters. The van der Waals surface area contributed by atoms with Gasteiger partial charge in [-0.05, 0) is 12.3 Å². The van der Waals surface area contributed by atoms with E-state index in [9.17, 15) is 9.59 Å². The van der Waals surface area contributed by atoms with Gasteiger partial charge in [-0.2, -0.15) is 0 Å². The molecule has 1 aliphatic heterocycles. The Balaban J connectivity index is 2.25. The minimum absolute atomic E-state index is 0.0578. The van der Waals surface area contributed by atoms with E-state index in [1.165, 1.54) is 0 Å². The van der Waals surface area contributed by atoms with Crippen LogP contribution in [0.4, 0.5) is 0 Å². The molecule has 0 saturated carbocycles. The summed E-state index contributed by atoms with van der Waals surface area (Å²) in [7, 11) is 0. The van der Waals surface area contributed by atoms with Crippen LogP contribution in [0.15, 0.2) is 0 Å². The lowest BCUT2D eigenvalue weighted by atomic mass is 10.0. The van der Waals surface area contributed by atoms with Crippen LogP contribution in [0.3, 0.4) is 0 Å². The summed E-state index contributed by atoms with van der Waals surface area (Å²) in [5.41, 5.74) is 5.67. The summed E-state index contributed by atoms with van der Waals surface area (Å²) in [4.78, 5) is 22.4. The number of nitrogens with one attached hydrogen (secondary N) is 2. The van der Waals surface area contributed by atoms with Crippen molar-refractivity contribution < 1.29 is 9.59 Å². The van der Waals surface area contributed by atoms with E-state index in [1.807, 2.05) is 13.8 Å². The summed E-state index contributed by atoms with van der Waals surface area (Å²) in [5.74, 6) is 0.0386. The summed E-state index contributed by atoms with van der Waals surface area (Å²) >= 11 is 0. The van der Waals surface area contributed by atoms with Gasteiger partial charge in [0.15, 0.2) is 0 Å². The first kappa shape index (κ1) is 12.0. The van der Waals surface area contributed by atoms with Gasteiger partial charge in [0.2, 0.25) is 11.8 Å². The van der Waals surface area contributed by atoms with E-state index in [1.54, 1.807) is 0 Å². The second kappa shape index (κ2) is 5.11. The Bertz CT molecular complexity index is 253. The third kappa shape index (κ3) is 3.51. The van der Waals surface area contributed by atoms with Crippen LogP contribution >= 0.6 is 0 Å². The maximum atomic E-state index is 11.5. The fourth-order valence-corrected chi connectivity index (χ4v) is 1.47. The fraction of sp³-hybridized carbons (Fsp3) is 0.800. The van der Waals surface area contributed by atoms with Crippen molar-refractivity contribution in [3.63, 3.8) is 0 Å². The highest BCUT2D eigenvalue weighted by Gasteiger charge is 2.22. The van der Waals surface area contributed by atoms with E-state index in [4.69, 9.17) is 5.73 Å².